The van der Waals surface area contributed by atoms with E-state index < -0.39 is 0 Å². The molecule has 0 N–H and O–H groups in total. The fourth-order valence-electron chi connectivity index (χ4n) is 4.70. The summed E-state index contributed by atoms with van der Waals surface area (Å²) in [5, 5.41) is 0. The first kappa shape index (κ1) is 17.7. The summed E-state index contributed by atoms with van der Waals surface area (Å²) in [7, 11) is 0. The Balaban J connectivity index is 1.16. The summed E-state index contributed by atoms with van der Waals surface area (Å²) in [5.74, 6) is 1.17. The standard InChI is InChI=1S/C24H28N4/c1-2-6-20(7-3-1)18-28-11-10-25-24(28)19-26-12-14-27(15-13-26)23-16-21-8-4-5-9-22(21)17-23/h1-11,23H,12-19H2. The van der Waals surface area contributed by atoms with Gasteiger partial charge in [-0.1, -0.05) is 54.6 Å². The highest BCUT2D eigenvalue weighted by molar-refractivity contribution is 5.33. The quantitative estimate of drug-likeness (QED) is 0.687. The Kier molecular flexibility index (Phi) is 4.98. The molecule has 0 radical (unpaired) electrons. The first-order chi connectivity index (χ1) is 13.8. The van der Waals surface area contributed by atoms with E-state index in [1.807, 2.05) is 6.20 Å². The van der Waals surface area contributed by atoms with Gasteiger partial charge < -0.3 is 4.57 Å². The second-order valence-corrected chi connectivity index (χ2v) is 8.10. The van der Waals surface area contributed by atoms with Crippen LogP contribution < -0.4 is 0 Å². The molecule has 2 aliphatic rings. The van der Waals surface area contributed by atoms with Gasteiger partial charge in [0.05, 0.1) is 6.54 Å². The number of benzene rings is 2. The van der Waals surface area contributed by atoms with E-state index in [-0.39, 0.29) is 0 Å². The van der Waals surface area contributed by atoms with Crippen molar-refractivity contribution in [1.82, 2.24) is 19.4 Å². The van der Waals surface area contributed by atoms with Gasteiger partial charge in [0.2, 0.25) is 0 Å². The van der Waals surface area contributed by atoms with E-state index in [0.717, 1.165) is 39.3 Å². The average molecular weight is 373 g/mol. The van der Waals surface area contributed by atoms with Crippen molar-refractivity contribution < 1.29 is 0 Å². The van der Waals surface area contributed by atoms with Gasteiger partial charge in [0, 0.05) is 51.2 Å². The number of rotatable bonds is 5. The molecule has 0 atom stereocenters. The highest BCUT2D eigenvalue weighted by atomic mass is 15.3. The Bertz CT molecular complexity index is 884. The molecule has 4 heteroatoms. The molecule has 1 aromatic heterocycles. The van der Waals surface area contributed by atoms with Gasteiger partial charge >= 0.3 is 0 Å². The second-order valence-electron chi connectivity index (χ2n) is 8.10. The minimum absolute atomic E-state index is 0.694. The lowest BCUT2D eigenvalue weighted by Gasteiger charge is -2.38. The normalized spacial score (nSPS) is 18.4. The van der Waals surface area contributed by atoms with E-state index in [1.165, 1.54) is 24.2 Å². The monoisotopic (exact) mass is 372 g/mol. The molecular weight excluding hydrogens is 344 g/mol. The SMILES string of the molecule is c1ccc(Cn2ccnc2CN2CCN(C3Cc4ccccc4C3)CC2)cc1. The van der Waals surface area contributed by atoms with Gasteiger partial charge in [0.1, 0.15) is 5.82 Å². The van der Waals surface area contributed by atoms with Crippen molar-refractivity contribution in [2.24, 2.45) is 0 Å². The number of hydrogen-bond acceptors (Lipinski definition) is 3. The Morgan fingerprint density at radius 1 is 0.786 bits per heavy atom. The Morgan fingerprint density at radius 3 is 2.18 bits per heavy atom. The number of piperazine rings is 1. The first-order valence-electron chi connectivity index (χ1n) is 10.4. The van der Waals surface area contributed by atoms with Crippen LogP contribution in [0.2, 0.25) is 0 Å². The van der Waals surface area contributed by atoms with Crippen molar-refractivity contribution in [3.8, 4) is 0 Å². The largest absolute Gasteiger partial charge is 0.329 e. The molecule has 2 heterocycles. The molecule has 0 amide bonds. The molecule has 1 saturated heterocycles. The lowest BCUT2D eigenvalue weighted by molar-refractivity contribution is 0.0927. The van der Waals surface area contributed by atoms with E-state index in [1.54, 1.807) is 11.1 Å². The van der Waals surface area contributed by atoms with E-state index in [4.69, 9.17) is 0 Å². The van der Waals surface area contributed by atoms with Crippen LogP contribution in [0.1, 0.15) is 22.5 Å². The van der Waals surface area contributed by atoms with Crippen LogP contribution in [0.25, 0.3) is 0 Å². The summed E-state index contributed by atoms with van der Waals surface area (Å²) in [4.78, 5) is 9.90. The first-order valence-corrected chi connectivity index (χ1v) is 10.4. The molecular formula is C24H28N4. The van der Waals surface area contributed by atoms with Crippen molar-refractivity contribution in [2.45, 2.75) is 32.0 Å². The van der Waals surface area contributed by atoms with Gasteiger partial charge in [-0.15, -0.1) is 0 Å². The zero-order chi connectivity index (χ0) is 18.8. The number of hydrogen-bond donors (Lipinski definition) is 0. The topological polar surface area (TPSA) is 24.3 Å². The molecule has 144 valence electrons. The van der Waals surface area contributed by atoms with Gasteiger partial charge in [0.25, 0.3) is 0 Å². The van der Waals surface area contributed by atoms with Gasteiger partial charge in [-0.2, -0.15) is 0 Å². The van der Waals surface area contributed by atoms with Gasteiger partial charge in [0.15, 0.2) is 0 Å². The third-order valence-electron chi connectivity index (χ3n) is 6.32. The number of imidazole rings is 1. The third-order valence-corrected chi connectivity index (χ3v) is 6.32. The fraction of sp³-hybridized carbons (Fsp3) is 0.375. The van der Waals surface area contributed by atoms with Crippen LogP contribution in [0, 0.1) is 0 Å². The third kappa shape index (κ3) is 3.75. The molecule has 0 unspecified atom stereocenters. The highest BCUT2D eigenvalue weighted by Gasteiger charge is 2.29. The fourth-order valence-corrected chi connectivity index (χ4v) is 4.70. The van der Waals surface area contributed by atoms with E-state index in [0.29, 0.717) is 6.04 Å². The van der Waals surface area contributed by atoms with Crippen molar-refractivity contribution >= 4 is 0 Å². The minimum atomic E-state index is 0.694. The number of aromatic nitrogens is 2. The smallest absolute Gasteiger partial charge is 0.123 e. The van der Waals surface area contributed by atoms with Crippen LogP contribution >= 0.6 is 0 Å². The zero-order valence-electron chi connectivity index (χ0n) is 16.4. The number of nitrogens with zero attached hydrogens (tertiary/aromatic N) is 4. The van der Waals surface area contributed by atoms with Crippen LogP contribution in [-0.2, 0) is 25.9 Å². The molecule has 5 rings (SSSR count). The average Bonchev–Trinajstić information content (AvgIpc) is 3.36. The van der Waals surface area contributed by atoms with Crippen molar-refractivity contribution in [3.05, 3.63) is 89.5 Å². The number of fused-ring (bicyclic) bond motifs is 1. The lowest BCUT2D eigenvalue weighted by Crippen LogP contribution is -2.50. The Morgan fingerprint density at radius 2 is 1.46 bits per heavy atom. The van der Waals surface area contributed by atoms with Gasteiger partial charge in [-0.25, -0.2) is 4.98 Å². The van der Waals surface area contributed by atoms with Gasteiger partial charge in [-0.3, -0.25) is 9.80 Å². The maximum atomic E-state index is 4.64. The summed E-state index contributed by atoms with van der Waals surface area (Å²) in [6.45, 7) is 6.43. The molecule has 4 nitrogen and oxygen atoms in total. The Labute approximate surface area is 167 Å². The Hall–Kier alpha value is -2.43. The summed E-state index contributed by atoms with van der Waals surface area (Å²) in [6, 6.07) is 20.3. The van der Waals surface area contributed by atoms with Crippen molar-refractivity contribution in [2.75, 3.05) is 26.2 Å². The van der Waals surface area contributed by atoms with Crippen LogP contribution in [-0.4, -0.2) is 51.6 Å². The van der Waals surface area contributed by atoms with Crippen LogP contribution in [0.3, 0.4) is 0 Å². The molecule has 1 aliphatic heterocycles. The predicted molar refractivity (Wildman–Crippen MR) is 112 cm³/mol. The van der Waals surface area contributed by atoms with Crippen molar-refractivity contribution in [3.63, 3.8) is 0 Å². The summed E-state index contributed by atoms with van der Waals surface area (Å²) in [5.41, 5.74) is 4.43. The second kappa shape index (κ2) is 7.90. The van der Waals surface area contributed by atoms with Crippen LogP contribution in [0.4, 0.5) is 0 Å². The molecule has 2 aromatic carbocycles. The molecule has 0 bridgehead atoms. The molecule has 0 saturated carbocycles. The lowest BCUT2D eigenvalue weighted by atomic mass is 10.1. The predicted octanol–water partition coefficient (Wildman–Crippen LogP) is 3.22. The maximum Gasteiger partial charge on any atom is 0.123 e. The van der Waals surface area contributed by atoms with Crippen LogP contribution in [0.5, 0.6) is 0 Å². The van der Waals surface area contributed by atoms with E-state index >= 15 is 0 Å². The highest BCUT2D eigenvalue weighted by Crippen LogP contribution is 2.26. The minimum Gasteiger partial charge on any atom is -0.329 e. The zero-order valence-corrected chi connectivity index (χ0v) is 16.4. The molecule has 28 heavy (non-hydrogen) atoms. The van der Waals surface area contributed by atoms with Crippen LogP contribution in [0.15, 0.2) is 67.0 Å². The molecule has 3 aromatic rings. The summed E-state index contributed by atoms with van der Waals surface area (Å²) >= 11 is 0. The molecule has 1 fully saturated rings. The molecule has 1 aliphatic carbocycles. The summed E-state index contributed by atoms with van der Waals surface area (Å²) < 4.78 is 2.29. The maximum absolute atomic E-state index is 4.64. The van der Waals surface area contributed by atoms with Crippen molar-refractivity contribution in [1.29, 1.82) is 0 Å². The van der Waals surface area contributed by atoms with E-state index in [9.17, 15) is 0 Å². The summed E-state index contributed by atoms with van der Waals surface area (Å²) in [6.07, 6.45) is 6.48. The molecule has 0 spiro atoms. The van der Waals surface area contributed by atoms with Gasteiger partial charge in [-0.05, 0) is 29.5 Å². The van der Waals surface area contributed by atoms with E-state index in [2.05, 4.69) is 80.1 Å².